The van der Waals surface area contributed by atoms with Crippen LogP contribution in [0.15, 0.2) is 66.9 Å². The summed E-state index contributed by atoms with van der Waals surface area (Å²) in [6, 6.07) is 19.0. The zero-order chi connectivity index (χ0) is 16.9. The van der Waals surface area contributed by atoms with Gasteiger partial charge in [-0.15, -0.1) is 0 Å². The molecule has 0 aliphatic rings. The zero-order valence-corrected chi connectivity index (χ0v) is 13.7. The number of hydrogen-bond acceptors (Lipinski definition) is 3. The molecule has 1 aromatic heterocycles. The van der Waals surface area contributed by atoms with Crippen molar-refractivity contribution in [3.8, 4) is 0 Å². The van der Waals surface area contributed by atoms with Crippen LogP contribution in [0.4, 0.5) is 17.2 Å². The number of rotatable bonds is 4. The standard InChI is InChI=1S/C20H19N3O/c1-14-8-10-18(15(2)12-14)22-17-9-11-19(21-13-17)23-20(24)16-6-4-3-5-7-16/h3-13,22H,1-2H3,(H,21,23,24). The molecule has 0 saturated carbocycles. The fourth-order valence-electron chi connectivity index (χ4n) is 2.43. The van der Waals surface area contributed by atoms with Crippen LogP contribution in [-0.2, 0) is 0 Å². The van der Waals surface area contributed by atoms with Crippen LogP contribution >= 0.6 is 0 Å². The van der Waals surface area contributed by atoms with E-state index in [-0.39, 0.29) is 5.91 Å². The van der Waals surface area contributed by atoms with E-state index in [2.05, 4.69) is 47.7 Å². The highest BCUT2D eigenvalue weighted by molar-refractivity contribution is 6.03. The van der Waals surface area contributed by atoms with E-state index in [1.54, 1.807) is 24.4 Å². The largest absolute Gasteiger partial charge is 0.354 e. The lowest BCUT2D eigenvalue weighted by molar-refractivity contribution is 0.102. The Kier molecular flexibility index (Phi) is 4.57. The quantitative estimate of drug-likeness (QED) is 0.733. The van der Waals surface area contributed by atoms with Crippen LogP contribution in [-0.4, -0.2) is 10.9 Å². The number of aromatic nitrogens is 1. The molecule has 0 fully saturated rings. The van der Waals surface area contributed by atoms with Crippen molar-refractivity contribution in [3.05, 3.63) is 83.6 Å². The molecule has 1 amide bonds. The van der Waals surface area contributed by atoms with Crippen LogP contribution in [0.5, 0.6) is 0 Å². The average molecular weight is 317 g/mol. The Balaban J connectivity index is 1.68. The first kappa shape index (κ1) is 15.7. The maximum absolute atomic E-state index is 12.1. The number of amides is 1. The molecule has 0 aliphatic heterocycles. The molecule has 0 radical (unpaired) electrons. The first-order chi connectivity index (χ1) is 11.6. The van der Waals surface area contributed by atoms with Crippen LogP contribution in [0.1, 0.15) is 21.5 Å². The lowest BCUT2D eigenvalue weighted by Crippen LogP contribution is -2.12. The minimum absolute atomic E-state index is 0.168. The molecule has 2 N–H and O–H groups in total. The second-order valence-electron chi connectivity index (χ2n) is 5.70. The summed E-state index contributed by atoms with van der Waals surface area (Å²) in [6.07, 6.45) is 1.71. The van der Waals surface area contributed by atoms with Crippen molar-refractivity contribution in [2.24, 2.45) is 0 Å². The number of carbonyl (C=O) groups is 1. The van der Waals surface area contributed by atoms with Gasteiger partial charge in [0, 0.05) is 11.3 Å². The van der Waals surface area contributed by atoms with Gasteiger partial charge in [-0.1, -0.05) is 35.9 Å². The summed E-state index contributed by atoms with van der Waals surface area (Å²) in [4.78, 5) is 16.4. The smallest absolute Gasteiger partial charge is 0.256 e. The van der Waals surface area contributed by atoms with Crippen molar-refractivity contribution in [1.82, 2.24) is 4.98 Å². The maximum atomic E-state index is 12.1. The molecule has 24 heavy (non-hydrogen) atoms. The Morgan fingerprint density at radius 2 is 1.75 bits per heavy atom. The van der Waals surface area contributed by atoms with Gasteiger partial charge in [-0.05, 0) is 49.7 Å². The number of nitrogens with zero attached hydrogens (tertiary/aromatic N) is 1. The topological polar surface area (TPSA) is 54.0 Å². The molecule has 0 saturated heterocycles. The highest BCUT2D eigenvalue weighted by Gasteiger charge is 2.06. The zero-order valence-electron chi connectivity index (χ0n) is 13.7. The fourth-order valence-corrected chi connectivity index (χ4v) is 2.43. The molecule has 4 nitrogen and oxygen atoms in total. The predicted octanol–water partition coefficient (Wildman–Crippen LogP) is 4.69. The molecular weight excluding hydrogens is 298 g/mol. The van der Waals surface area contributed by atoms with Crippen molar-refractivity contribution in [2.75, 3.05) is 10.6 Å². The van der Waals surface area contributed by atoms with Gasteiger partial charge in [0.25, 0.3) is 5.91 Å². The van der Waals surface area contributed by atoms with Crippen molar-refractivity contribution < 1.29 is 4.79 Å². The van der Waals surface area contributed by atoms with Crippen LogP contribution in [0.3, 0.4) is 0 Å². The fraction of sp³-hybridized carbons (Fsp3) is 0.100. The van der Waals surface area contributed by atoms with E-state index in [4.69, 9.17) is 0 Å². The van der Waals surface area contributed by atoms with E-state index in [1.165, 1.54) is 11.1 Å². The van der Waals surface area contributed by atoms with Gasteiger partial charge in [0.15, 0.2) is 0 Å². The third-order valence-corrected chi connectivity index (χ3v) is 3.70. The Morgan fingerprint density at radius 1 is 0.958 bits per heavy atom. The first-order valence-corrected chi connectivity index (χ1v) is 7.78. The van der Waals surface area contributed by atoms with E-state index < -0.39 is 0 Å². The van der Waals surface area contributed by atoms with Gasteiger partial charge >= 0.3 is 0 Å². The van der Waals surface area contributed by atoms with Crippen molar-refractivity contribution in [3.63, 3.8) is 0 Å². The van der Waals surface area contributed by atoms with Gasteiger partial charge in [0.1, 0.15) is 5.82 Å². The lowest BCUT2D eigenvalue weighted by atomic mass is 10.1. The molecule has 0 spiro atoms. The lowest BCUT2D eigenvalue weighted by Gasteiger charge is -2.11. The van der Waals surface area contributed by atoms with E-state index in [1.807, 2.05) is 24.3 Å². The van der Waals surface area contributed by atoms with E-state index in [0.29, 0.717) is 11.4 Å². The first-order valence-electron chi connectivity index (χ1n) is 7.78. The minimum atomic E-state index is -0.168. The maximum Gasteiger partial charge on any atom is 0.256 e. The van der Waals surface area contributed by atoms with E-state index >= 15 is 0 Å². The summed E-state index contributed by atoms with van der Waals surface area (Å²) < 4.78 is 0. The molecule has 3 aromatic rings. The Labute approximate surface area is 141 Å². The number of aryl methyl sites for hydroxylation is 2. The summed E-state index contributed by atoms with van der Waals surface area (Å²) >= 11 is 0. The number of nitrogens with one attached hydrogen (secondary N) is 2. The summed E-state index contributed by atoms with van der Waals surface area (Å²) in [5.41, 5.74) is 4.94. The number of anilines is 3. The van der Waals surface area contributed by atoms with Gasteiger partial charge in [-0.3, -0.25) is 4.79 Å². The molecular formula is C20H19N3O. The Bertz CT molecular complexity index is 843. The van der Waals surface area contributed by atoms with Crippen molar-refractivity contribution >= 4 is 23.1 Å². The van der Waals surface area contributed by atoms with Gasteiger partial charge in [0.2, 0.25) is 0 Å². The molecule has 0 atom stereocenters. The van der Waals surface area contributed by atoms with Gasteiger partial charge in [-0.25, -0.2) is 4.98 Å². The van der Waals surface area contributed by atoms with Gasteiger partial charge in [0.05, 0.1) is 11.9 Å². The molecule has 2 aromatic carbocycles. The number of carbonyl (C=O) groups excluding carboxylic acids is 1. The predicted molar refractivity (Wildman–Crippen MR) is 97.8 cm³/mol. The monoisotopic (exact) mass is 317 g/mol. The second kappa shape index (κ2) is 6.96. The van der Waals surface area contributed by atoms with Crippen molar-refractivity contribution in [2.45, 2.75) is 13.8 Å². The number of pyridine rings is 1. The summed E-state index contributed by atoms with van der Waals surface area (Å²) in [7, 11) is 0. The highest BCUT2D eigenvalue weighted by Crippen LogP contribution is 2.21. The van der Waals surface area contributed by atoms with Crippen LogP contribution in [0.25, 0.3) is 0 Å². The summed E-state index contributed by atoms with van der Waals surface area (Å²) in [5.74, 6) is 0.355. The SMILES string of the molecule is Cc1ccc(Nc2ccc(NC(=O)c3ccccc3)nc2)c(C)c1. The molecule has 1 heterocycles. The molecule has 4 heteroatoms. The molecule has 0 unspecified atom stereocenters. The van der Waals surface area contributed by atoms with E-state index in [0.717, 1.165) is 11.4 Å². The number of benzene rings is 2. The molecule has 0 bridgehead atoms. The third kappa shape index (κ3) is 3.79. The molecule has 0 aliphatic carbocycles. The second-order valence-corrected chi connectivity index (χ2v) is 5.70. The van der Waals surface area contributed by atoms with Crippen LogP contribution < -0.4 is 10.6 Å². The normalized spacial score (nSPS) is 10.2. The van der Waals surface area contributed by atoms with Crippen LogP contribution in [0.2, 0.25) is 0 Å². The summed E-state index contributed by atoms with van der Waals surface area (Å²) in [5, 5.41) is 6.13. The molecule has 120 valence electrons. The van der Waals surface area contributed by atoms with Gasteiger partial charge in [-0.2, -0.15) is 0 Å². The number of hydrogen-bond donors (Lipinski definition) is 2. The Hall–Kier alpha value is -3.14. The summed E-state index contributed by atoms with van der Waals surface area (Å²) in [6.45, 7) is 4.14. The van der Waals surface area contributed by atoms with E-state index in [9.17, 15) is 4.79 Å². The van der Waals surface area contributed by atoms with Crippen molar-refractivity contribution in [1.29, 1.82) is 0 Å². The minimum Gasteiger partial charge on any atom is -0.354 e. The average Bonchev–Trinajstić information content (AvgIpc) is 2.60. The Morgan fingerprint density at radius 3 is 2.42 bits per heavy atom. The molecule has 3 rings (SSSR count). The third-order valence-electron chi connectivity index (χ3n) is 3.70. The van der Waals surface area contributed by atoms with Crippen LogP contribution in [0, 0.1) is 13.8 Å². The highest BCUT2D eigenvalue weighted by atomic mass is 16.1. The van der Waals surface area contributed by atoms with Gasteiger partial charge < -0.3 is 10.6 Å².